The first-order valence-corrected chi connectivity index (χ1v) is 16.7. The Labute approximate surface area is 283 Å². The number of benzene rings is 8. The third-order valence-corrected chi connectivity index (χ3v) is 9.85. The van der Waals surface area contributed by atoms with E-state index in [-0.39, 0.29) is 0 Å². The fourth-order valence-electron chi connectivity index (χ4n) is 7.53. The third-order valence-electron chi connectivity index (χ3n) is 9.85. The SMILES string of the molecule is c1ccc(-c2cc(-c3cccc4c5ccccc5c5cc(-c6ccc7oc8ccccc8c7c6)ccc5c34)cc(-c3ccccc3)n2)cc1. The van der Waals surface area contributed by atoms with Crippen LogP contribution in [0.1, 0.15) is 0 Å². The van der Waals surface area contributed by atoms with Gasteiger partial charge in [-0.1, -0.05) is 140 Å². The van der Waals surface area contributed by atoms with Crippen molar-refractivity contribution in [1.29, 1.82) is 0 Å². The predicted molar refractivity (Wildman–Crippen MR) is 206 cm³/mol. The van der Waals surface area contributed by atoms with E-state index in [0.717, 1.165) is 50.0 Å². The second-order valence-corrected chi connectivity index (χ2v) is 12.7. The summed E-state index contributed by atoms with van der Waals surface area (Å²) in [5.41, 5.74) is 10.7. The number of aromatic nitrogens is 1. The van der Waals surface area contributed by atoms with Crippen molar-refractivity contribution in [1.82, 2.24) is 4.98 Å². The molecule has 0 spiro atoms. The van der Waals surface area contributed by atoms with Crippen LogP contribution >= 0.6 is 0 Å². The lowest BCUT2D eigenvalue weighted by Crippen LogP contribution is -1.93. The molecule has 0 unspecified atom stereocenters. The van der Waals surface area contributed by atoms with Gasteiger partial charge in [-0.2, -0.15) is 0 Å². The van der Waals surface area contributed by atoms with Crippen LogP contribution in [-0.2, 0) is 0 Å². The van der Waals surface area contributed by atoms with E-state index in [0.29, 0.717) is 0 Å². The molecule has 0 radical (unpaired) electrons. The molecule has 10 aromatic rings. The van der Waals surface area contributed by atoms with Crippen LogP contribution in [-0.4, -0.2) is 4.98 Å². The first kappa shape index (κ1) is 27.6. The van der Waals surface area contributed by atoms with Crippen molar-refractivity contribution in [2.45, 2.75) is 0 Å². The fourth-order valence-corrected chi connectivity index (χ4v) is 7.53. The van der Waals surface area contributed by atoms with Crippen molar-refractivity contribution in [3.05, 3.63) is 176 Å². The highest BCUT2D eigenvalue weighted by atomic mass is 16.3. The van der Waals surface area contributed by atoms with Gasteiger partial charge in [0.1, 0.15) is 11.2 Å². The van der Waals surface area contributed by atoms with E-state index >= 15 is 0 Å². The van der Waals surface area contributed by atoms with Gasteiger partial charge in [-0.25, -0.2) is 4.98 Å². The van der Waals surface area contributed by atoms with Crippen LogP contribution in [0.3, 0.4) is 0 Å². The number of hydrogen-bond donors (Lipinski definition) is 0. The molecule has 49 heavy (non-hydrogen) atoms. The zero-order chi connectivity index (χ0) is 32.3. The van der Waals surface area contributed by atoms with Crippen LogP contribution in [0.2, 0.25) is 0 Å². The molecular formula is C47H29NO. The zero-order valence-corrected chi connectivity index (χ0v) is 26.6. The Balaban J connectivity index is 1.24. The Hall–Kier alpha value is -6.51. The van der Waals surface area contributed by atoms with Gasteiger partial charge in [0, 0.05) is 21.9 Å². The minimum Gasteiger partial charge on any atom is -0.456 e. The molecule has 0 amide bonds. The Morgan fingerprint density at radius 2 is 0.837 bits per heavy atom. The standard InChI is InChI=1S/C47H29NO/c1-3-12-30(13-4-1)43-28-34(29-44(48-43)31-14-5-2-6-15-31)35-19-11-20-39-36-16-7-8-17-37(36)41-26-32(22-24-40(41)47(35)39)33-23-25-46-42(27-33)38-18-9-10-21-45(38)49-46/h1-29H. The maximum Gasteiger partial charge on any atom is 0.135 e. The molecule has 0 aliphatic carbocycles. The lowest BCUT2D eigenvalue weighted by atomic mass is 9.87. The van der Waals surface area contributed by atoms with Crippen LogP contribution in [0.4, 0.5) is 0 Å². The molecule has 0 N–H and O–H groups in total. The molecule has 8 aromatic carbocycles. The molecule has 2 heteroatoms. The minimum atomic E-state index is 0.911. The molecule has 10 rings (SSSR count). The molecule has 2 aromatic heterocycles. The second-order valence-electron chi connectivity index (χ2n) is 12.7. The van der Waals surface area contributed by atoms with E-state index < -0.39 is 0 Å². The van der Waals surface area contributed by atoms with Crippen molar-refractivity contribution in [3.63, 3.8) is 0 Å². The number of nitrogens with zero attached hydrogens (tertiary/aromatic N) is 1. The van der Waals surface area contributed by atoms with Gasteiger partial charge in [0.15, 0.2) is 0 Å². The molecule has 228 valence electrons. The number of hydrogen-bond acceptors (Lipinski definition) is 2. The average Bonchev–Trinajstić information content (AvgIpc) is 3.56. The monoisotopic (exact) mass is 623 g/mol. The van der Waals surface area contributed by atoms with Gasteiger partial charge in [-0.15, -0.1) is 0 Å². The molecule has 0 saturated heterocycles. The number of rotatable bonds is 4. The molecule has 0 aliphatic heterocycles. The summed E-state index contributed by atoms with van der Waals surface area (Å²) >= 11 is 0. The molecule has 0 aliphatic rings. The fraction of sp³-hybridized carbons (Fsp3) is 0. The molecule has 0 bridgehead atoms. The van der Waals surface area contributed by atoms with Crippen LogP contribution < -0.4 is 0 Å². The molecule has 0 saturated carbocycles. The van der Waals surface area contributed by atoms with E-state index in [4.69, 9.17) is 9.40 Å². The minimum absolute atomic E-state index is 0.911. The van der Waals surface area contributed by atoms with E-state index in [1.165, 1.54) is 49.0 Å². The molecular weight excluding hydrogens is 595 g/mol. The van der Waals surface area contributed by atoms with E-state index in [9.17, 15) is 0 Å². The summed E-state index contributed by atoms with van der Waals surface area (Å²) in [6.07, 6.45) is 0. The van der Waals surface area contributed by atoms with E-state index in [1.807, 2.05) is 12.1 Å². The van der Waals surface area contributed by atoms with Crippen LogP contribution in [0.25, 0.3) is 99.0 Å². The van der Waals surface area contributed by atoms with Crippen molar-refractivity contribution in [2.24, 2.45) is 0 Å². The number of para-hydroxylation sites is 1. The molecule has 2 heterocycles. The third kappa shape index (κ3) is 4.53. The van der Waals surface area contributed by atoms with Gasteiger partial charge in [-0.3, -0.25) is 0 Å². The topological polar surface area (TPSA) is 26.0 Å². The Kier molecular flexibility index (Phi) is 6.22. The zero-order valence-electron chi connectivity index (χ0n) is 26.6. The van der Waals surface area contributed by atoms with Gasteiger partial charge in [0.05, 0.1) is 11.4 Å². The van der Waals surface area contributed by atoms with Crippen LogP contribution in [0.5, 0.6) is 0 Å². The molecule has 0 fully saturated rings. The Morgan fingerprint density at radius 1 is 0.306 bits per heavy atom. The van der Waals surface area contributed by atoms with E-state index in [1.54, 1.807) is 0 Å². The first-order valence-electron chi connectivity index (χ1n) is 16.7. The highest BCUT2D eigenvalue weighted by molar-refractivity contribution is 6.29. The summed E-state index contributed by atoms with van der Waals surface area (Å²) in [6.45, 7) is 0. The number of fused-ring (bicyclic) bond motifs is 9. The second kappa shape index (κ2) is 11.0. The quantitative estimate of drug-likeness (QED) is 0.182. The van der Waals surface area contributed by atoms with Crippen molar-refractivity contribution < 1.29 is 4.42 Å². The summed E-state index contributed by atoms with van der Waals surface area (Å²) in [4.78, 5) is 5.17. The van der Waals surface area contributed by atoms with E-state index in [2.05, 4.69) is 164 Å². The average molecular weight is 624 g/mol. The largest absolute Gasteiger partial charge is 0.456 e. The highest BCUT2D eigenvalue weighted by Gasteiger charge is 2.17. The predicted octanol–water partition coefficient (Wildman–Crippen LogP) is 13.1. The normalized spacial score (nSPS) is 11.7. The van der Waals surface area contributed by atoms with Crippen molar-refractivity contribution in [2.75, 3.05) is 0 Å². The summed E-state index contributed by atoms with van der Waals surface area (Å²) in [5.74, 6) is 0. The summed E-state index contributed by atoms with van der Waals surface area (Å²) in [6, 6.07) is 62.8. The lowest BCUT2D eigenvalue weighted by Gasteiger charge is -2.17. The van der Waals surface area contributed by atoms with Crippen molar-refractivity contribution in [3.8, 4) is 44.8 Å². The van der Waals surface area contributed by atoms with Gasteiger partial charge < -0.3 is 4.42 Å². The van der Waals surface area contributed by atoms with Gasteiger partial charge >= 0.3 is 0 Å². The Bertz CT molecular complexity index is 2810. The molecule has 2 nitrogen and oxygen atoms in total. The lowest BCUT2D eigenvalue weighted by molar-refractivity contribution is 0.669. The Morgan fingerprint density at radius 3 is 1.55 bits per heavy atom. The summed E-state index contributed by atoms with van der Waals surface area (Å²) in [7, 11) is 0. The summed E-state index contributed by atoms with van der Waals surface area (Å²) < 4.78 is 6.14. The smallest absolute Gasteiger partial charge is 0.135 e. The number of pyridine rings is 1. The first-order chi connectivity index (χ1) is 24.3. The maximum atomic E-state index is 6.14. The molecule has 0 atom stereocenters. The van der Waals surface area contributed by atoms with Crippen LogP contribution in [0, 0.1) is 0 Å². The van der Waals surface area contributed by atoms with Crippen LogP contribution in [0.15, 0.2) is 180 Å². The highest BCUT2D eigenvalue weighted by Crippen LogP contribution is 2.43. The number of furan rings is 1. The maximum absolute atomic E-state index is 6.14. The van der Waals surface area contributed by atoms with Gasteiger partial charge in [0.2, 0.25) is 0 Å². The summed E-state index contributed by atoms with van der Waals surface area (Å²) in [5, 5.41) is 9.77. The van der Waals surface area contributed by atoms with Gasteiger partial charge in [-0.05, 0) is 91.0 Å². The van der Waals surface area contributed by atoms with Gasteiger partial charge in [0.25, 0.3) is 0 Å². The van der Waals surface area contributed by atoms with Crippen molar-refractivity contribution >= 4 is 54.3 Å².